The summed E-state index contributed by atoms with van der Waals surface area (Å²) in [6.07, 6.45) is 2.05. The van der Waals surface area contributed by atoms with Crippen molar-refractivity contribution in [2.45, 2.75) is 13.0 Å². The summed E-state index contributed by atoms with van der Waals surface area (Å²) >= 11 is 0. The molecule has 1 heterocycles. The van der Waals surface area contributed by atoms with Crippen molar-refractivity contribution in [1.29, 1.82) is 0 Å². The zero-order valence-corrected chi connectivity index (χ0v) is 16.5. The number of ether oxygens (including phenoxy) is 2. The van der Waals surface area contributed by atoms with E-state index in [-0.39, 0.29) is 5.91 Å². The van der Waals surface area contributed by atoms with Crippen LogP contribution in [0.2, 0.25) is 0 Å². The molecule has 0 aliphatic heterocycles. The Balaban J connectivity index is 1.53. The van der Waals surface area contributed by atoms with Gasteiger partial charge in [-0.2, -0.15) is 0 Å². The van der Waals surface area contributed by atoms with Gasteiger partial charge in [0.1, 0.15) is 17.8 Å². The molecule has 7 nitrogen and oxygen atoms in total. The highest BCUT2D eigenvalue weighted by Crippen LogP contribution is 2.27. The molecule has 0 bridgehead atoms. The Labute approximate surface area is 170 Å². The summed E-state index contributed by atoms with van der Waals surface area (Å²) in [5.41, 5.74) is 2.49. The molecular formula is C22H24N4O3. The fourth-order valence-corrected chi connectivity index (χ4v) is 2.81. The van der Waals surface area contributed by atoms with E-state index in [1.807, 2.05) is 48.5 Å². The third-order valence-electron chi connectivity index (χ3n) is 4.36. The van der Waals surface area contributed by atoms with Gasteiger partial charge < -0.3 is 20.1 Å². The van der Waals surface area contributed by atoms with Gasteiger partial charge in [0.15, 0.2) is 11.5 Å². The molecule has 0 aliphatic rings. The molecule has 0 saturated carbocycles. The summed E-state index contributed by atoms with van der Waals surface area (Å²) in [6.45, 7) is 1.10. The van der Waals surface area contributed by atoms with Crippen molar-refractivity contribution < 1.29 is 14.3 Å². The van der Waals surface area contributed by atoms with Gasteiger partial charge in [-0.3, -0.25) is 4.79 Å². The number of hydrogen-bond acceptors (Lipinski definition) is 6. The average Bonchev–Trinajstić information content (AvgIpc) is 2.78. The van der Waals surface area contributed by atoms with Crippen LogP contribution in [0.15, 0.2) is 60.9 Å². The standard InChI is InChI=1S/C22H24N4O3/c1-28-19-9-8-16(12-20(19)29-2)10-11-23-22(27)18-13-21(26-15-25-18)24-14-17-6-4-3-5-7-17/h3-9,12-13,15H,10-11,14H2,1-2H3,(H,23,27)(H,24,25,26). The van der Waals surface area contributed by atoms with E-state index in [0.29, 0.717) is 42.5 Å². The quantitative estimate of drug-likeness (QED) is 0.582. The number of anilines is 1. The summed E-state index contributed by atoms with van der Waals surface area (Å²) in [5.74, 6) is 1.71. The number of carbonyl (C=O) groups excluding carboxylic acids is 1. The third kappa shape index (κ3) is 5.68. The summed E-state index contributed by atoms with van der Waals surface area (Å²) in [5, 5.41) is 6.09. The molecule has 150 valence electrons. The lowest BCUT2D eigenvalue weighted by Crippen LogP contribution is -2.26. The average molecular weight is 392 g/mol. The summed E-state index contributed by atoms with van der Waals surface area (Å²) in [7, 11) is 3.20. The number of nitrogens with one attached hydrogen (secondary N) is 2. The van der Waals surface area contributed by atoms with Crippen molar-refractivity contribution in [1.82, 2.24) is 15.3 Å². The summed E-state index contributed by atoms with van der Waals surface area (Å²) < 4.78 is 10.5. The largest absolute Gasteiger partial charge is 0.493 e. The molecule has 0 radical (unpaired) electrons. The molecule has 0 saturated heterocycles. The van der Waals surface area contributed by atoms with Gasteiger partial charge in [0.2, 0.25) is 0 Å². The fraction of sp³-hybridized carbons (Fsp3) is 0.227. The maximum Gasteiger partial charge on any atom is 0.270 e. The van der Waals surface area contributed by atoms with Crippen molar-refractivity contribution in [3.63, 3.8) is 0 Å². The number of amides is 1. The van der Waals surface area contributed by atoms with Crippen molar-refractivity contribution in [3.05, 3.63) is 77.7 Å². The van der Waals surface area contributed by atoms with Gasteiger partial charge in [-0.25, -0.2) is 9.97 Å². The van der Waals surface area contributed by atoms with E-state index >= 15 is 0 Å². The molecule has 3 aromatic rings. The zero-order valence-electron chi connectivity index (χ0n) is 16.5. The molecule has 29 heavy (non-hydrogen) atoms. The van der Waals surface area contributed by atoms with Crippen molar-refractivity contribution in [3.8, 4) is 11.5 Å². The topological polar surface area (TPSA) is 85.4 Å². The smallest absolute Gasteiger partial charge is 0.270 e. The second-order valence-electron chi connectivity index (χ2n) is 6.32. The molecular weight excluding hydrogens is 368 g/mol. The first kappa shape index (κ1) is 20.1. The van der Waals surface area contributed by atoms with Gasteiger partial charge in [0, 0.05) is 19.2 Å². The molecule has 2 N–H and O–H groups in total. The van der Waals surface area contributed by atoms with Gasteiger partial charge in [-0.15, -0.1) is 0 Å². The van der Waals surface area contributed by atoms with Crippen LogP contribution >= 0.6 is 0 Å². The predicted octanol–water partition coefficient (Wildman–Crippen LogP) is 3.08. The molecule has 7 heteroatoms. The van der Waals surface area contributed by atoms with Crippen LogP contribution in [0.3, 0.4) is 0 Å². The van der Waals surface area contributed by atoms with Crippen LogP contribution in [0.5, 0.6) is 11.5 Å². The first-order valence-electron chi connectivity index (χ1n) is 9.28. The van der Waals surface area contributed by atoms with Gasteiger partial charge >= 0.3 is 0 Å². The lowest BCUT2D eigenvalue weighted by atomic mass is 10.1. The van der Waals surface area contributed by atoms with E-state index in [1.165, 1.54) is 6.33 Å². The Hall–Kier alpha value is -3.61. The summed E-state index contributed by atoms with van der Waals surface area (Å²) in [6, 6.07) is 17.3. The monoisotopic (exact) mass is 392 g/mol. The molecule has 0 aliphatic carbocycles. The van der Waals surface area contributed by atoms with E-state index in [1.54, 1.807) is 20.3 Å². The Kier molecular flexibility index (Phi) is 7.00. The highest BCUT2D eigenvalue weighted by Gasteiger charge is 2.09. The number of benzene rings is 2. The lowest BCUT2D eigenvalue weighted by Gasteiger charge is -2.10. The minimum Gasteiger partial charge on any atom is -0.493 e. The normalized spacial score (nSPS) is 10.3. The number of hydrogen-bond donors (Lipinski definition) is 2. The van der Waals surface area contributed by atoms with Crippen molar-refractivity contribution >= 4 is 11.7 Å². The van der Waals surface area contributed by atoms with Crippen LogP contribution < -0.4 is 20.1 Å². The van der Waals surface area contributed by atoms with Gasteiger partial charge in [-0.05, 0) is 29.7 Å². The maximum atomic E-state index is 12.4. The first-order valence-corrected chi connectivity index (χ1v) is 9.28. The highest BCUT2D eigenvalue weighted by atomic mass is 16.5. The van der Waals surface area contributed by atoms with E-state index in [4.69, 9.17) is 9.47 Å². The SMILES string of the molecule is COc1ccc(CCNC(=O)c2cc(NCc3ccccc3)ncn2)cc1OC. The maximum absolute atomic E-state index is 12.4. The fourth-order valence-electron chi connectivity index (χ4n) is 2.81. The lowest BCUT2D eigenvalue weighted by molar-refractivity contribution is 0.0949. The minimum absolute atomic E-state index is 0.240. The second kappa shape index (κ2) is 10.1. The van der Waals surface area contributed by atoms with Crippen molar-refractivity contribution in [2.24, 2.45) is 0 Å². The third-order valence-corrected chi connectivity index (χ3v) is 4.36. The van der Waals surface area contributed by atoms with E-state index in [2.05, 4.69) is 20.6 Å². The number of aromatic nitrogens is 2. The van der Waals surface area contributed by atoms with E-state index in [0.717, 1.165) is 11.1 Å². The Morgan fingerprint density at radius 2 is 1.72 bits per heavy atom. The molecule has 0 unspecified atom stereocenters. The zero-order chi connectivity index (χ0) is 20.5. The molecule has 0 fully saturated rings. The molecule has 1 amide bonds. The van der Waals surface area contributed by atoms with Crippen LogP contribution in [0.25, 0.3) is 0 Å². The number of methoxy groups -OCH3 is 2. The number of rotatable bonds is 9. The van der Waals surface area contributed by atoms with E-state index < -0.39 is 0 Å². The molecule has 3 rings (SSSR count). The van der Waals surface area contributed by atoms with Crippen LogP contribution in [0, 0.1) is 0 Å². The Morgan fingerprint density at radius 1 is 0.931 bits per heavy atom. The van der Waals surface area contributed by atoms with Gasteiger partial charge in [0.25, 0.3) is 5.91 Å². The first-order chi connectivity index (χ1) is 14.2. The summed E-state index contributed by atoms with van der Waals surface area (Å²) in [4.78, 5) is 20.7. The number of carbonyl (C=O) groups is 1. The van der Waals surface area contributed by atoms with Crippen LogP contribution in [-0.2, 0) is 13.0 Å². The van der Waals surface area contributed by atoms with E-state index in [9.17, 15) is 4.79 Å². The van der Waals surface area contributed by atoms with Gasteiger partial charge in [-0.1, -0.05) is 36.4 Å². The Morgan fingerprint density at radius 3 is 2.48 bits per heavy atom. The molecule has 0 spiro atoms. The highest BCUT2D eigenvalue weighted by molar-refractivity contribution is 5.92. The van der Waals surface area contributed by atoms with Crippen molar-refractivity contribution in [2.75, 3.05) is 26.1 Å². The number of nitrogens with zero attached hydrogens (tertiary/aromatic N) is 2. The molecule has 0 atom stereocenters. The predicted molar refractivity (Wildman–Crippen MR) is 111 cm³/mol. The second-order valence-corrected chi connectivity index (χ2v) is 6.32. The molecule has 1 aromatic heterocycles. The Bertz CT molecular complexity index is 948. The van der Waals surface area contributed by atoms with Crippen LogP contribution in [-0.4, -0.2) is 36.6 Å². The van der Waals surface area contributed by atoms with Crippen LogP contribution in [0.4, 0.5) is 5.82 Å². The minimum atomic E-state index is -0.240. The molecule has 2 aromatic carbocycles. The van der Waals surface area contributed by atoms with Gasteiger partial charge in [0.05, 0.1) is 14.2 Å². The van der Waals surface area contributed by atoms with Crippen LogP contribution in [0.1, 0.15) is 21.6 Å².